The molecule has 0 N–H and O–H groups in total. The topological polar surface area (TPSA) is 46.6 Å². The predicted molar refractivity (Wildman–Crippen MR) is 95.4 cm³/mol. The largest absolute Gasteiger partial charge is 0.469 e. The van der Waals surface area contributed by atoms with Crippen LogP contribution in [0.4, 0.5) is 0 Å². The molecule has 0 aliphatic rings. The molecule has 0 aliphatic heterocycles. The van der Waals surface area contributed by atoms with Crippen LogP contribution >= 0.6 is 15.9 Å². The number of amides is 1. The summed E-state index contributed by atoms with van der Waals surface area (Å²) in [5.74, 6) is -0.675. The van der Waals surface area contributed by atoms with Gasteiger partial charge in [0.25, 0.3) is 5.91 Å². The van der Waals surface area contributed by atoms with E-state index in [2.05, 4.69) is 22.9 Å². The number of nitrogens with zero attached hydrogens (tertiary/aromatic N) is 1. The predicted octanol–water partition coefficient (Wildman–Crippen LogP) is 4.28. The lowest BCUT2D eigenvalue weighted by Crippen LogP contribution is -2.38. The Morgan fingerprint density at radius 2 is 1.91 bits per heavy atom. The fourth-order valence-corrected chi connectivity index (χ4v) is 2.87. The van der Waals surface area contributed by atoms with Gasteiger partial charge in [0.15, 0.2) is 0 Å². The summed E-state index contributed by atoms with van der Waals surface area (Å²) in [4.78, 5) is 26.3. The standard InChI is InChI=1S/C18H26BrNO3/c1-4-5-6-9-12-20(13-14(2)18(22)23-3)17(21)15-10-7-8-11-16(15)19/h7-8,10-11,14H,4-6,9,12-13H2,1-3H3. The van der Waals surface area contributed by atoms with Crippen LogP contribution in [0.25, 0.3) is 0 Å². The number of rotatable bonds is 9. The number of unbranched alkanes of at least 4 members (excludes halogenated alkanes) is 3. The first kappa shape index (κ1) is 19.7. The van der Waals surface area contributed by atoms with E-state index in [0.29, 0.717) is 18.7 Å². The minimum atomic E-state index is -0.336. The zero-order valence-electron chi connectivity index (χ0n) is 14.2. The van der Waals surface area contributed by atoms with Gasteiger partial charge in [0.2, 0.25) is 0 Å². The second-order valence-electron chi connectivity index (χ2n) is 5.72. The summed E-state index contributed by atoms with van der Waals surface area (Å²) < 4.78 is 5.55. The van der Waals surface area contributed by atoms with Crippen molar-refractivity contribution < 1.29 is 14.3 Å². The molecule has 0 aliphatic carbocycles. The van der Waals surface area contributed by atoms with E-state index in [1.54, 1.807) is 17.9 Å². The monoisotopic (exact) mass is 383 g/mol. The van der Waals surface area contributed by atoms with E-state index in [1.807, 2.05) is 18.2 Å². The van der Waals surface area contributed by atoms with E-state index >= 15 is 0 Å². The number of halogens is 1. The molecular formula is C18H26BrNO3. The van der Waals surface area contributed by atoms with Crippen LogP contribution in [0.5, 0.6) is 0 Å². The van der Waals surface area contributed by atoms with E-state index in [4.69, 9.17) is 4.74 Å². The summed E-state index contributed by atoms with van der Waals surface area (Å²) in [5.41, 5.74) is 0.625. The molecule has 1 aromatic rings. The highest BCUT2D eigenvalue weighted by molar-refractivity contribution is 9.10. The van der Waals surface area contributed by atoms with Gasteiger partial charge in [0.1, 0.15) is 0 Å². The molecule has 0 fully saturated rings. The van der Waals surface area contributed by atoms with Gasteiger partial charge < -0.3 is 9.64 Å². The quantitative estimate of drug-likeness (QED) is 0.472. The molecule has 0 spiro atoms. The van der Waals surface area contributed by atoms with E-state index in [9.17, 15) is 9.59 Å². The highest BCUT2D eigenvalue weighted by atomic mass is 79.9. The van der Waals surface area contributed by atoms with Crippen LogP contribution in [-0.4, -0.2) is 37.0 Å². The number of benzene rings is 1. The molecule has 5 heteroatoms. The van der Waals surface area contributed by atoms with Gasteiger partial charge in [-0.2, -0.15) is 0 Å². The van der Waals surface area contributed by atoms with Gasteiger partial charge in [-0.15, -0.1) is 0 Å². The third-order valence-corrected chi connectivity index (χ3v) is 4.46. The maximum atomic E-state index is 12.8. The Hall–Kier alpha value is -1.36. The van der Waals surface area contributed by atoms with Gasteiger partial charge >= 0.3 is 5.97 Å². The molecule has 0 aromatic heterocycles. The molecule has 0 radical (unpaired) electrons. The number of ether oxygens (including phenoxy) is 1. The lowest BCUT2D eigenvalue weighted by Gasteiger charge is -2.25. The molecular weight excluding hydrogens is 358 g/mol. The van der Waals surface area contributed by atoms with E-state index < -0.39 is 0 Å². The molecule has 1 unspecified atom stereocenters. The second kappa shape index (κ2) is 10.4. The van der Waals surface area contributed by atoms with Crippen molar-refractivity contribution in [2.45, 2.75) is 39.5 Å². The van der Waals surface area contributed by atoms with Gasteiger partial charge in [0.05, 0.1) is 18.6 Å². The molecule has 1 aromatic carbocycles. The molecule has 23 heavy (non-hydrogen) atoms. The molecule has 0 saturated carbocycles. The Balaban J connectivity index is 2.82. The second-order valence-corrected chi connectivity index (χ2v) is 6.57. The van der Waals surface area contributed by atoms with Gasteiger partial charge in [-0.1, -0.05) is 45.2 Å². The molecule has 1 amide bonds. The maximum Gasteiger partial charge on any atom is 0.310 e. The lowest BCUT2D eigenvalue weighted by atomic mass is 10.1. The van der Waals surface area contributed by atoms with Gasteiger partial charge in [-0.3, -0.25) is 9.59 Å². The number of esters is 1. The first-order valence-electron chi connectivity index (χ1n) is 8.12. The molecule has 0 heterocycles. The van der Waals surface area contributed by atoms with Crippen LogP contribution in [0, 0.1) is 5.92 Å². The Kier molecular flexibility index (Phi) is 8.92. The molecule has 0 saturated heterocycles. The Labute approximate surface area is 147 Å². The Morgan fingerprint density at radius 1 is 1.22 bits per heavy atom. The number of carbonyl (C=O) groups excluding carboxylic acids is 2. The van der Waals surface area contributed by atoms with E-state index in [0.717, 1.165) is 30.2 Å². The first-order valence-corrected chi connectivity index (χ1v) is 8.92. The van der Waals surface area contributed by atoms with Crippen LogP contribution < -0.4 is 0 Å². The van der Waals surface area contributed by atoms with Crippen LogP contribution in [0.3, 0.4) is 0 Å². The molecule has 1 rings (SSSR count). The number of methoxy groups -OCH3 is 1. The summed E-state index contributed by atoms with van der Waals surface area (Å²) in [6.45, 7) is 4.97. The highest BCUT2D eigenvalue weighted by Gasteiger charge is 2.23. The van der Waals surface area contributed by atoms with Crippen molar-refractivity contribution >= 4 is 27.8 Å². The lowest BCUT2D eigenvalue weighted by molar-refractivity contribution is -0.145. The zero-order chi connectivity index (χ0) is 17.2. The van der Waals surface area contributed by atoms with Crippen LogP contribution in [0.15, 0.2) is 28.7 Å². The minimum absolute atomic E-state index is 0.0512. The SMILES string of the molecule is CCCCCCN(CC(C)C(=O)OC)C(=O)c1ccccc1Br. The molecule has 0 bridgehead atoms. The highest BCUT2D eigenvalue weighted by Crippen LogP contribution is 2.19. The van der Waals surface area contributed by atoms with Gasteiger partial charge in [0, 0.05) is 17.6 Å². The van der Waals surface area contributed by atoms with Gasteiger partial charge in [-0.05, 0) is 34.5 Å². The van der Waals surface area contributed by atoms with Crippen molar-refractivity contribution in [3.8, 4) is 0 Å². The summed E-state index contributed by atoms with van der Waals surface area (Å²) >= 11 is 3.43. The van der Waals surface area contributed by atoms with Gasteiger partial charge in [-0.25, -0.2) is 0 Å². The molecule has 1 atom stereocenters. The Bertz CT molecular complexity index is 519. The van der Waals surface area contributed by atoms with Crippen molar-refractivity contribution in [3.05, 3.63) is 34.3 Å². The number of hydrogen-bond donors (Lipinski definition) is 0. The summed E-state index contributed by atoms with van der Waals surface area (Å²) in [6, 6.07) is 7.38. The maximum absolute atomic E-state index is 12.8. The van der Waals surface area contributed by atoms with E-state index in [-0.39, 0.29) is 17.8 Å². The average molecular weight is 384 g/mol. The summed E-state index contributed by atoms with van der Waals surface area (Å²) in [7, 11) is 1.38. The third kappa shape index (κ3) is 6.34. The summed E-state index contributed by atoms with van der Waals surface area (Å²) in [6.07, 6.45) is 4.33. The Morgan fingerprint density at radius 3 is 2.52 bits per heavy atom. The average Bonchev–Trinajstić information content (AvgIpc) is 2.56. The van der Waals surface area contributed by atoms with Crippen molar-refractivity contribution in [3.63, 3.8) is 0 Å². The fourth-order valence-electron chi connectivity index (χ4n) is 2.42. The normalized spacial score (nSPS) is 11.8. The smallest absolute Gasteiger partial charge is 0.310 e. The number of hydrogen-bond acceptors (Lipinski definition) is 3. The van der Waals surface area contributed by atoms with Crippen molar-refractivity contribution in [2.24, 2.45) is 5.92 Å². The molecule has 4 nitrogen and oxygen atoms in total. The summed E-state index contributed by atoms with van der Waals surface area (Å²) in [5, 5.41) is 0. The van der Waals surface area contributed by atoms with Crippen molar-refractivity contribution in [1.82, 2.24) is 4.90 Å². The molecule has 128 valence electrons. The minimum Gasteiger partial charge on any atom is -0.469 e. The van der Waals surface area contributed by atoms with Crippen LogP contribution in [0.2, 0.25) is 0 Å². The van der Waals surface area contributed by atoms with Crippen LogP contribution in [-0.2, 0) is 9.53 Å². The van der Waals surface area contributed by atoms with Crippen molar-refractivity contribution in [1.29, 1.82) is 0 Å². The first-order chi connectivity index (χ1) is 11.0. The third-order valence-electron chi connectivity index (χ3n) is 3.77. The zero-order valence-corrected chi connectivity index (χ0v) is 15.8. The van der Waals surface area contributed by atoms with Crippen LogP contribution in [0.1, 0.15) is 49.9 Å². The number of carbonyl (C=O) groups is 2. The fraction of sp³-hybridized carbons (Fsp3) is 0.556. The van der Waals surface area contributed by atoms with E-state index in [1.165, 1.54) is 7.11 Å². The van der Waals surface area contributed by atoms with Crippen molar-refractivity contribution in [2.75, 3.05) is 20.2 Å².